The molecule has 0 aliphatic carbocycles. The van der Waals surface area contributed by atoms with E-state index in [9.17, 15) is 0 Å². The fourth-order valence-corrected chi connectivity index (χ4v) is 1.21. The summed E-state index contributed by atoms with van der Waals surface area (Å²) in [4.78, 5) is 1.58. The molecule has 0 heterocycles. The van der Waals surface area contributed by atoms with Gasteiger partial charge in [0.05, 0.1) is 36.3 Å². The molecule has 4 heteroatoms. The Labute approximate surface area is 78.6 Å². The Balaban J connectivity index is 4.71. The highest BCUT2D eigenvalue weighted by Crippen LogP contribution is 2.09. The first-order valence-corrected chi connectivity index (χ1v) is 4.04. The summed E-state index contributed by atoms with van der Waals surface area (Å²) in [5.41, 5.74) is 0. The number of rotatable bonds is 3. The largest absolute Gasteiger partial charge is 0.257 e. The van der Waals surface area contributed by atoms with Crippen molar-refractivity contribution in [2.24, 2.45) is 0 Å². The van der Waals surface area contributed by atoms with Crippen molar-refractivity contribution in [3.8, 4) is 18.2 Å². The molecule has 0 saturated heterocycles. The second-order valence-electron chi connectivity index (χ2n) is 2.86. The van der Waals surface area contributed by atoms with E-state index in [1.807, 2.05) is 18.2 Å². The van der Waals surface area contributed by atoms with Gasteiger partial charge >= 0.3 is 0 Å². The van der Waals surface area contributed by atoms with Gasteiger partial charge in [-0.3, -0.25) is 4.90 Å². The summed E-state index contributed by atoms with van der Waals surface area (Å²) in [5.74, 6) is 0. The van der Waals surface area contributed by atoms with Gasteiger partial charge in [0.25, 0.3) is 0 Å². The average molecular weight is 176 g/mol. The molecule has 0 saturated carbocycles. The van der Waals surface area contributed by atoms with E-state index in [1.165, 1.54) is 0 Å². The predicted octanol–water partition coefficient (Wildman–Crippen LogP) is 1.02. The first kappa shape index (κ1) is 11.4. The maximum absolute atomic E-state index is 8.68. The second-order valence-corrected chi connectivity index (χ2v) is 2.86. The standard InChI is InChI=1S/C9H12N4/c1-7(4-10)13(8(2)5-11)9(3)6-12/h7-9H,1-3H3. The van der Waals surface area contributed by atoms with Crippen molar-refractivity contribution in [3.05, 3.63) is 0 Å². The summed E-state index contributed by atoms with van der Waals surface area (Å²) in [6, 6.07) is 4.82. The second kappa shape index (κ2) is 5.14. The van der Waals surface area contributed by atoms with Crippen LogP contribution in [0, 0.1) is 34.0 Å². The van der Waals surface area contributed by atoms with Gasteiger partial charge in [-0.05, 0) is 20.8 Å². The highest BCUT2D eigenvalue weighted by Gasteiger charge is 2.24. The molecule has 0 radical (unpaired) electrons. The molecule has 4 nitrogen and oxygen atoms in total. The van der Waals surface area contributed by atoms with Crippen LogP contribution in [-0.2, 0) is 0 Å². The Bertz CT molecular complexity index is 230. The molecule has 3 atom stereocenters. The highest BCUT2D eigenvalue weighted by molar-refractivity contribution is 5.04. The molecule has 0 aromatic carbocycles. The van der Waals surface area contributed by atoms with Gasteiger partial charge in [0, 0.05) is 0 Å². The first-order chi connectivity index (χ1) is 6.08. The van der Waals surface area contributed by atoms with Gasteiger partial charge in [0.2, 0.25) is 0 Å². The Morgan fingerprint density at radius 1 is 0.769 bits per heavy atom. The molecular weight excluding hydrogens is 164 g/mol. The molecule has 0 spiro atoms. The summed E-state index contributed by atoms with van der Waals surface area (Å²) in [6.45, 7) is 5.05. The van der Waals surface area contributed by atoms with Crippen LogP contribution in [0.25, 0.3) is 0 Å². The summed E-state index contributed by atoms with van der Waals surface area (Å²) >= 11 is 0. The van der Waals surface area contributed by atoms with Crippen LogP contribution in [0.1, 0.15) is 20.8 Å². The molecule has 0 amide bonds. The highest BCUT2D eigenvalue weighted by atomic mass is 15.2. The zero-order valence-electron chi connectivity index (χ0n) is 8.02. The molecule has 0 aromatic heterocycles. The van der Waals surface area contributed by atoms with Crippen molar-refractivity contribution in [2.45, 2.75) is 38.9 Å². The molecule has 13 heavy (non-hydrogen) atoms. The lowest BCUT2D eigenvalue weighted by Gasteiger charge is -2.28. The van der Waals surface area contributed by atoms with Gasteiger partial charge in [-0.1, -0.05) is 0 Å². The van der Waals surface area contributed by atoms with Crippen LogP contribution in [0.15, 0.2) is 0 Å². The summed E-state index contributed by atoms with van der Waals surface area (Å²) < 4.78 is 0. The van der Waals surface area contributed by atoms with E-state index in [1.54, 1.807) is 25.7 Å². The van der Waals surface area contributed by atoms with E-state index in [0.29, 0.717) is 0 Å². The van der Waals surface area contributed by atoms with E-state index in [2.05, 4.69) is 0 Å². The minimum absolute atomic E-state index is 0.413. The minimum atomic E-state index is -0.413. The minimum Gasteiger partial charge on any atom is -0.257 e. The van der Waals surface area contributed by atoms with Crippen molar-refractivity contribution < 1.29 is 0 Å². The molecule has 68 valence electrons. The molecule has 0 bridgehead atoms. The van der Waals surface area contributed by atoms with Gasteiger partial charge in [0.15, 0.2) is 0 Å². The SMILES string of the molecule is CC(C#N)N(C(C)C#N)C(C)C#N. The van der Waals surface area contributed by atoms with Gasteiger partial charge in [-0.25, -0.2) is 0 Å². The van der Waals surface area contributed by atoms with E-state index in [4.69, 9.17) is 15.8 Å². The third-order valence-electron chi connectivity index (χ3n) is 1.90. The smallest absolute Gasteiger partial charge is 0.0970 e. The van der Waals surface area contributed by atoms with Gasteiger partial charge in [-0.15, -0.1) is 0 Å². The van der Waals surface area contributed by atoms with Crippen molar-refractivity contribution in [1.82, 2.24) is 4.90 Å². The lowest BCUT2D eigenvalue weighted by Crippen LogP contribution is -2.44. The van der Waals surface area contributed by atoms with Crippen molar-refractivity contribution >= 4 is 0 Å². The molecule has 0 rings (SSSR count). The van der Waals surface area contributed by atoms with Crippen LogP contribution in [0.4, 0.5) is 0 Å². The van der Waals surface area contributed by atoms with Crippen molar-refractivity contribution in [2.75, 3.05) is 0 Å². The molecule has 0 N–H and O–H groups in total. The van der Waals surface area contributed by atoms with Crippen LogP contribution in [0.3, 0.4) is 0 Å². The molecular formula is C9H12N4. The molecule has 0 fully saturated rings. The first-order valence-electron chi connectivity index (χ1n) is 4.04. The normalized spacial score (nSPS) is 16.4. The Morgan fingerprint density at radius 2 is 1.00 bits per heavy atom. The fraction of sp³-hybridized carbons (Fsp3) is 0.667. The van der Waals surface area contributed by atoms with Crippen LogP contribution in [0.2, 0.25) is 0 Å². The Kier molecular flexibility index (Phi) is 4.52. The summed E-state index contributed by atoms with van der Waals surface area (Å²) in [6.07, 6.45) is 0. The number of hydrogen-bond donors (Lipinski definition) is 0. The molecule has 0 aliphatic heterocycles. The number of nitrogens with zero attached hydrogens (tertiary/aromatic N) is 4. The predicted molar refractivity (Wildman–Crippen MR) is 47.1 cm³/mol. The Hall–Kier alpha value is -1.57. The monoisotopic (exact) mass is 176 g/mol. The average Bonchev–Trinajstić information content (AvgIpc) is 2.16. The van der Waals surface area contributed by atoms with E-state index >= 15 is 0 Å². The lowest BCUT2D eigenvalue weighted by molar-refractivity contribution is 0.192. The molecule has 0 aliphatic rings. The van der Waals surface area contributed by atoms with Gasteiger partial charge in [0.1, 0.15) is 0 Å². The van der Waals surface area contributed by atoms with Crippen LogP contribution < -0.4 is 0 Å². The Morgan fingerprint density at radius 3 is 1.15 bits per heavy atom. The van der Waals surface area contributed by atoms with E-state index in [0.717, 1.165) is 0 Å². The van der Waals surface area contributed by atoms with Crippen molar-refractivity contribution in [3.63, 3.8) is 0 Å². The molecule has 0 aromatic rings. The number of nitriles is 3. The van der Waals surface area contributed by atoms with Crippen molar-refractivity contribution in [1.29, 1.82) is 15.8 Å². The van der Waals surface area contributed by atoms with Crippen LogP contribution in [0.5, 0.6) is 0 Å². The summed E-state index contributed by atoms with van der Waals surface area (Å²) in [7, 11) is 0. The maximum Gasteiger partial charge on any atom is 0.0970 e. The van der Waals surface area contributed by atoms with Gasteiger partial charge < -0.3 is 0 Å². The summed E-state index contributed by atoms with van der Waals surface area (Å²) in [5, 5.41) is 26.1. The lowest BCUT2D eigenvalue weighted by atomic mass is 10.1. The van der Waals surface area contributed by atoms with Crippen LogP contribution >= 0.6 is 0 Å². The van der Waals surface area contributed by atoms with E-state index < -0.39 is 18.1 Å². The maximum atomic E-state index is 8.68. The number of hydrogen-bond acceptors (Lipinski definition) is 4. The third kappa shape index (κ3) is 2.75. The topological polar surface area (TPSA) is 74.6 Å². The fourth-order valence-electron chi connectivity index (χ4n) is 1.21. The van der Waals surface area contributed by atoms with E-state index in [-0.39, 0.29) is 0 Å². The van der Waals surface area contributed by atoms with Crippen LogP contribution in [-0.4, -0.2) is 23.0 Å². The third-order valence-corrected chi connectivity index (χ3v) is 1.90. The quantitative estimate of drug-likeness (QED) is 0.643. The molecule has 3 unspecified atom stereocenters. The van der Waals surface area contributed by atoms with Gasteiger partial charge in [-0.2, -0.15) is 15.8 Å². The zero-order chi connectivity index (χ0) is 10.4. The zero-order valence-corrected chi connectivity index (χ0v) is 8.02.